The lowest BCUT2D eigenvalue weighted by Crippen LogP contribution is -1.79. The lowest BCUT2D eigenvalue weighted by atomic mass is 10.1. The maximum Gasteiger partial charge on any atom is -0.0351 e. The highest BCUT2D eigenvalue weighted by molar-refractivity contribution is 4.82. The van der Waals surface area contributed by atoms with Crippen molar-refractivity contribution in [3.05, 3.63) is 31.2 Å². The smallest absolute Gasteiger partial charge is 0.0351 e. The average molecular weight is 221 g/mol. The summed E-state index contributed by atoms with van der Waals surface area (Å²) in [5.41, 5.74) is 0. The van der Waals surface area contributed by atoms with Crippen LogP contribution in [0.5, 0.6) is 0 Å². The van der Waals surface area contributed by atoms with Gasteiger partial charge in [0.1, 0.15) is 0 Å². The van der Waals surface area contributed by atoms with Crippen molar-refractivity contribution in [1.29, 1.82) is 0 Å². The first-order chi connectivity index (χ1) is 7.91. The Kier molecular flexibility index (Phi) is 14.0. The maximum atomic E-state index is 3.78. The first-order valence-corrected chi connectivity index (χ1v) is 7.01. The maximum absolute atomic E-state index is 3.78. The molecule has 0 fully saturated rings. The summed E-state index contributed by atoms with van der Waals surface area (Å²) in [5, 5.41) is 0. The van der Waals surface area contributed by atoms with E-state index in [2.05, 4.69) is 38.2 Å². The molecule has 0 heteroatoms. The van der Waals surface area contributed by atoms with Gasteiger partial charge < -0.3 is 0 Å². The van der Waals surface area contributed by atoms with Crippen molar-refractivity contribution in [2.75, 3.05) is 0 Å². The van der Waals surface area contributed by atoms with E-state index >= 15 is 0 Å². The summed E-state index contributed by atoms with van der Waals surface area (Å²) >= 11 is 0. The van der Waals surface area contributed by atoms with Crippen LogP contribution in [0.25, 0.3) is 0 Å². The fourth-order valence-corrected chi connectivity index (χ4v) is 1.75. The molecule has 0 aromatic heterocycles. The van der Waals surface area contributed by atoms with Gasteiger partial charge in [-0.2, -0.15) is 0 Å². The van der Waals surface area contributed by atoms with E-state index in [-0.39, 0.29) is 0 Å². The second-order valence-electron chi connectivity index (χ2n) is 4.34. The second-order valence-corrected chi connectivity index (χ2v) is 4.34. The Labute approximate surface area is 103 Å². The van der Waals surface area contributed by atoms with Crippen LogP contribution >= 0.6 is 0 Å². The molecule has 1 radical (unpaired) electrons. The monoisotopic (exact) mass is 221 g/mol. The van der Waals surface area contributed by atoms with Crippen LogP contribution in [0.4, 0.5) is 0 Å². The number of rotatable bonds is 11. The zero-order chi connectivity index (χ0) is 11.9. The van der Waals surface area contributed by atoms with Crippen LogP contribution in [0.2, 0.25) is 0 Å². The van der Waals surface area contributed by atoms with Gasteiger partial charge in [-0.15, -0.1) is 0 Å². The van der Waals surface area contributed by atoms with Gasteiger partial charge in [0.25, 0.3) is 0 Å². The molecule has 0 heterocycles. The van der Waals surface area contributed by atoms with Crippen LogP contribution < -0.4 is 0 Å². The van der Waals surface area contributed by atoms with E-state index < -0.39 is 0 Å². The number of hydrogen-bond acceptors (Lipinski definition) is 0. The van der Waals surface area contributed by atoms with Gasteiger partial charge in [-0.1, -0.05) is 56.9 Å². The molecule has 0 amide bonds. The van der Waals surface area contributed by atoms with Crippen LogP contribution in [0.1, 0.15) is 71.1 Å². The minimum absolute atomic E-state index is 0.936. The molecule has 0 nitrogen and oxygen atoms in total. The van der Waals surface area contributed by atoms with E-state index in [1.165, 1.54) is 57.8 Å². The predicted octanol–water partition coefficient (Wildman–Crippen LogP) is 5.85. The minimum atomic E-state index is 0.936. The molecular formula is C16H29. The van der Waals surface area contributed by atoms with Gasteiger partial charge in [-0.3, -0.25) is 0 Å². The van der Waals surface area contributed by atoms with Gasteiger partial charge in [0.05, 0.1) is 0 Å². The Hall–Kier alpha value is -0.520. The Bertz CT molecular complexity index is 145. The molecule has 93 valence electrons. The molecule has 0 aromatic rings. The molecule has 0 atom stereocenters. The van der Waals surface area contributed by atoms with Crippen LogP contribution in [-0.4, -0.2) is 0 Å². The van der Waals surface area contributed by atoms with Crippen molar-refractivity contribution in [1.82, 2.24) is 0 Å². The largest absolute Gasteiger partial charge is 0.0888 e. The molecule has 0 N–H and O–H groups in total. The number of allylic oxidation sites excluding steroid dienone is 4. The van der Waals surface area contributed by atoms with E-state index in [1.807, 2.05) is 0 Å². The molecule has 0 aliphatic rings. The second kappa shape index (κ2) is 14.5. The summed E-state index contributed by atoms with van der Waals surface area (Å²) < 4.78 is 0. The van der Waals surface area contributed by atoms with E-state index in [9.17, 15) is 0 Å². The quantitative estimate of drug-likeness (QED) is 0.303. The van der Waals surface area contributed by atoms with Crippen molar-refractivity contribution in [2.24, 2.45) is 0 Å². The third kappa shape index (κ3) is 13.5. The molecule has 0 aliphatic heterocycles. The lowest BCUT2D eigenvalue weighted by molar-refractivity contribution is 0.599. The van der Waals surface area contributed by atoms with Crippen LogP contribution in [0.3, 0.4) is 0 Å². The van der Waals surface area contributed by atoms with Crippen LogP contribution in [0, 0.1) is 6.92 Å². The van der Waals surface area contributed by atoms with Crippen LogP contribution in [-0.2, 0) is 0 Å². The molecule has 16 heavy (non-hydrogen) atoms. The first-order valence-electron chi connectivity index (χ1n) is 7.01. The topological polar surface area (TPSA) is 0 Å². The van der Waals surface area contributed by atoms with Gasteiger partial charge in [0, 0.05) is 0 Å². The van der Waals surface area contributed by atoms with Gasteiger partial charge in [0.2, 0.25) is 0 Å². The Morgan fingerprint density at radius 2 is 1.19 bits per heavy atom. The molecule has 0 aromatic carbocycles. The van der Waals surface area contributed by atoms with Gasteiger partial charge in [-0.25, -0.2) is 0 Å². The van der Waals surface area contributed by atoms with Crippen molar-refractivity contribution < 1.29 is 0 Å². The van der Waals surface area contributed by atoms with E-state index in [0.717, 1.165) is 6.42 Å². The highest BCUT2D eigenvalue weighted by Crippen LogP contribution is 2.09. The van der Waals surface area contributed by atoms with Crippen molar-refractivity contribution >= 4 is 0 Å². The summed E-state index contributed by atoms with van der Waals surface area (Å²) in [4.78, 5) is 0. The summed E-state index contributed by atoms with van der Waals surface area (Å²) in [7, 11) is 0. The molecule has 0 bridgehead atoms. The van der Waals surface area contributed by atoms with Crippen molar-refractivity contribution in [3.63, 3.8) is 0 Å². The third-order valence-corrected chi connectivity index (χ3v) is 2.73. The number of unbranched alkanes of at least 4 members (excludes halogenated alkanes) is 7. The molecule has 0 aliphatic carbocycles. The van der Waals surface area contributed by atoms with Crippen molar-refractivity contribution in [2.45, 2.75) is 71.1 Å². The summed E-state index contributed by atoms with van der Waals surface area (Å²) in [6, 6.07) is 0. The van der Waals surface area contributed by atoms with Gasteiger partial charge in [0.15, 0.2) is 0 Å². The summed E-state index contributed by atoms with van der Waals surface area (Å²) in [6.07, 6.45) is 22.0. The molecule has 0 spiro atoms. The van der Waals surface area contributed by atoms with Crippen LogP contribution in [0.15, 0.2) is 24.3 Å². The summed E-state index contributed by atoms with van der Waals surface area (Å²) in [5.74, 6) is 0. The van der Waals surface area contributed by atoms with Gasteiger partial charge in [-0.05, 0) is 45.4 Å². The molecule has 0 rings (SSSR count). The lowest BCUT2D eigenvalue weighted by Gasteiger charge is -1.99. The Balaban J connectivity index is 2.98. The highest BCUT2D eigenvalue weighted by atomic mass is 14.0. The fraction of sp³-hybridized carbons (Fsp3) is 0.688. The molecular weight excluding hydrogens is 192 g/mol. The fourth-order valence-electron chi connectivity index (χ4n) is 1.75. The molecule has 0 saturated heterocycles. The Morgan fingerprint density at radius 1 is 0.688 bits per heavy atom. The van der Waals surface area contributed by atoms with Gasteiger partial charge >= 0.3 is 0 Å². The predicted molar refractivity (Wildman–Crippen MR) is 75.5 cm³/mol. The van der Waals surface area contributed by atoms with E-state index in [1.54, 1.807) is 0 Å². The normalized spacial score (nSPS) is 11.9. The zero-order valence-electron chi connectivity index (χ0n) is 11.1. The third-order valence-electron chi connectivity index (χ3n) is 2.73. The van der Waals surface area contributed by atoms with E-state index in [4.69, 9.17) is 0 Å². The Morgan fingerprint density at radius 3 is 1.69 bits per heavy atom. The molecule has 0 unspecified atom stereocenters. The summed E-state index contributed by atoms with van der Waals surface area (Å²) in [6.45, 7) is 5.98. The zero-order valence-corrected chi connectivity index (χ0v) is 11.1. The van der Waals surface area contributed by atoms with E-state index in [0.29, 0.717) is 0 Å². The SMILES string of the molecule is [CH2]CC=CCCCCCCCCC=CCC. The number of hydrogen-bond donors (Lipinski definition) is 0. The standard InChI is InChI=1S/C16H29/c1-3-5-7-9-11-13-15-16-14-12-10-8-6-4-2/h5-8H,1,3-4,9-16H2,2H3. The average Bonchev–Trinajstić information content (AvgIpc) is 2.31. The molecule has 0 saturated carbocycles. The highest BCUT2D eigenvalue weighted by Gasteiger charge is 1.89. The first kappa shape index (κ1) is 15.5. The van der Waals surface area contributed by atoms with Crippen molar-refractivity contribution in [3.8, 4) is 0 Å². The minimum Gasteiger partial charge on any atom is -0.0888 e.